The van der Waals surface area contributed by atoms with Crippen LogP contribution in [-0.2, 0) is 4.84 Å². The van der Waals surface area contributed by atoms with Crippen molar-refractivity contribution in [2.24, 2.45) is 15.9 Å². The summed E-state index contributed by atoms with van der Waals surface area (Å²) < 4.78 is 0. The molecule has 0 fully saturated rings. The third kappa shape index (κ3) is 1.29. The first kappa shape index (κ1) is 7.53. The van der Waals surface area contributed by atoms with Gasteiger partial charge in [0.25, 0.3) is 5.90 Å². The lowest BCUT2D eigenvalue weighted by Gasteiger charge is -1.92. The van der Waals surface area contributed by atoms with Crippen molar-refractivity contribution < 1.29 is 4.84 Å². The van der Waals surface area contributed by atoms with Crippen molar-refractivity contribution in [3.05, 3.63) is 24.3 Å². The molecule has 0 aromatic rings. The number of oxime groups is 1. The highest BCUT2D eigenvalue weighted by Gasteiger charge is 2.18. The minimum atomic E-state index is 0.338. The molecule has 1 aliphatic heterocycles. The number of aliphatic imine (C=N–C) groups is 1. The zero-order valence-corrected chi connectivity index (χ0v) is 6.24. The molecule has 11 heavy (non-hydrogen) atoms. The molecule has 0 bridgehead atoms. The van der Waals surface area contributed by atoms with Crippen LogP contribution in [-0.4, -0.2) is 18.8 Å². The summed E-state index contributed by atoms with van der Waals surface area (Å²) in [7, 11) is 1.61. The smallest absolute Gasteiger partial charge is 0.255 e. The number of nitrogens with two attached hydrogens (primary N) is 1. The van der Waals surface area contributed by atoms with Crippen LogP contribution in [0.15, 0.2) is 34.5 Å². The number of hydrogen-bond donors (Lipinski definition) is 1. The summed E-state index contributed by atoms with van der Waals surface area (Å²) in [4.78, 5) is 8.60. The van der Waals surface area contributed by atoms with Crippen molar-refractivity contribution in [1.82, 2.24) is 0 Å². The highest BCUT2D eigenvalue weighted by atomic mass is 16.6. The van der Waals surface area contributed by atoms with E-state index in [1.165, 1.54) is 0 Å². The van der Waals surface area contributed by atoms with Crippen molar-refractivity contribution >= 4 is 11.7 Å². The third-order valence-corrected chi connectivity index (χ3v) is 1.22. The highest BCUT2D eigenvalue weighted by molar-refractivity contribution is 6.22. The van der Waals surface area contributed by atoms with E-state index in [1.54, 1.807) is 19.2 Å². The second-order valence-corrected chi connectivity index (χ2v) is 1.91. The van der Waals surface area contributed by atoms with Crippen molar-refractivity contribution in [3.8, 4) is 0 Å². The predicted molar refractivity (Wildman–Crippen MR) is 44.3 cm³/mol. The molecule has 4 nitrogen and oxygen atoms in total. The molecule has 0 amide bonds. The molecular formula is C7H9N3O. The van der Waals surface area contributed by atoms with Gasteiger partial charge in [0.15, 0.2) is 5.84 Å². The summed E-state index contributed by atoms with van der Waals surface area (Å²) in [6.45, 7) is 3.53. The fourth-order valence-corrected chi connectivity index (χ4v) is 0.736. The molecule has 0 atom stereocenters. The Kier molecular flexibility index (Phi) is 2.06. The molecule has 0 saturated heterocycles. The Morgan fingerprint density at radius 2 is 2.45 bits per heavy atom. The molecule has 4 heteroatoms. The minimum Gasteiger partial charge on any atom is -0.380 e. The Hall–Kier alpha value is -1.58. The Morgan fingerprint density at radius 3 is 3.00 bits per heavy atom. The van der Waals surface area contributed by atoms with Gasteiger partial charge in [-0.15, -0.1) is 0 Å². The van der Waals surface area contributed by atoms with Gasteiger partial charge in [-0.3, -0.25) is 4.99 Å². The van der Waals surface area contributed by atoms with Crippen LogP contribution in [0, 0.1) is 0 Å². The van der Waals surface area contributed by atoms with E-state index in [0.29, 0.717) is 17.3 Å². The number of hydrogen-bond acceptors (Lipinski definition) is 4. The lowest BCUT2D eigenvalue weighted by atomic mass is 10.2. The lowest BCUT2D eigenvalue weighted by molar-refractivity contribution is 0.340. The molecule has 0 aromatic carbocycles. The van der Waals surface area contributed by atoms with Crippen LogP contribution in [0.25, 0.3) is 0 Å². The lowest BCUT2D eigenvalue weighted by Crippen LogP contribution is -2.14. The summed E-state index contributed by atoms with van der Waals surface area (Å²) in [6.07, 6.45) is 3.31. The molecule has 0 spiro atoms. The van der Waals surface area contributed by atoms with Crippen LogP contribution in [0.2, 0.25) is 0 Å². The minimum absolute atomic E-state index is 0.338. The van der Waals surface area contributed by atoms with Crippen molar-refractivity contribution in [1.29, 1.82) is 0 Å². The number of amidine groups is 1. The van der Waals surface area contributed by atoms with Gasteiger partial charge in [-0.05, 0) is 6.08 Å². The average Bonchev–Trinajstić information content (AvgIpc) is 2.34. The molecule has 2 N–H and O–H groups in total. The maximum Gasteiger partial charge on any atom is 0.255 e. The average molecular weight is 151 g/mol. The topological polar surface area (TPSA) is 60.0 Å². The zero-order chi connectivity index (χ0) is 8.27. The molecule has 58 valence electrons. The van der Waals surface area contributed by atoms with E-state index in [4.69, 9.17) is 10.6 Å². The van der Waals surface area contributed by atoms with Crippen molar-refractivity contribution in [2.75, 3.05) is 7.05 Å². The van der Waals surface area contributed by atoms with E-state index < -0.39 is 0 Å². The first-order chi connectivity index (χ1) is 5.29. The van der Waals surface area contributed by atoms with Crippen LogP contribution in [0.4, 0.5) is 0 Å². The molecule has 1 aliphatic rings. The van der Waals surface area contributed by atoms with Gasteiger partial charge in [-0.2, -0.15) is 0 Å². The fourth-order valence-electron chi connectivity index (χ4n) is 0.736. The van der Waals surface area contributed by atoms with Crippen LogP contribution >= 0.6 is 0 Å². The Morgan fingerprint density at radius 1 is 1.73 bits per heavy atom. The number of nitrogens with zero attached hydrogens (tertiary/aromatic N) is 2. The van der Waals surface area contributed by atoms with E-state index in [9.17, 15) is 0 Å². The van der Waals surface area contributed by atoms with Gasteiger partial charge in [0.2, 0.25) is 0 Å². The molecule has 0 aliphatic carbocycles. The van der Waals surface area contributed by atoms with E-state index in [-0.39, 0.29) is 0 Å². The number of allylic oxidation sites excluding steroid dienone is 2. The summed E-state index contributed by atoms with van der Waals surface area (Å²) in [6, 6.07) is 0. The maximum absolute atomic E-state index is 5.46. The van der Waals surface area contributed by atoms with E-state index in [0.717, 1.165) is 0 Å². The summed E-state index contributed by atoms with van der Waals surface area (Å²) in [5.41, 5.74) is 6.14. The monoisotopic (exact) mass is 151 g/mol. The van der Waals surface area contributed by atoms with Crippen LogP contribution in [0.1, 0.15) is 0 Å². The molecular weight excluding hydrogens is 142 g/mol. The molecule has 0 saturated carbocycles. The number of rotatable bonds is 1. The molecule has 1 heterocycles. The van der Waals surface area contributed by atoms with Crippen molar-refractivity contribution in [3.63, 3.8) is 0 Å². The van der Waals surface area contributed by atoms with E-state index in [2.05, 4.69) is 16.7 Å². The van der Waals surface area contributed by atoms with E-state index in [1.807, 2.05) is 0 Å². The Bertz CT molecular complexity index is 263. The van der Waals surface area contributed by atoms with Gasteiger partial charge >= 0.3 is 0 Å². The van der Waals surface area contributed by atoms with Gasteiger partial charge in [0.05, 0.1) is 5.57 Å². The maximum atomic E-state index is 5.46. The predicted octanol–water partition coefficient (Wildman–Crippen LogP) is 0.429. The second-order valence-electron chi connectivity index (χ2n) is 1.91. The normalized spacial score (nSPS) is 23.5. The van der Waals surface area contributed by atoms with Crippen molar-refractivity contribution in [2.45, 2.75) is 0 Å². The highest BCUT2D eigenvalue weighted by Crippen LogP contribution is 2.08. The summed E-state index contributed by atoms with van der Waals surface area (Å²) >= 11 is 0. The largest absolute Gasteiger partial charge is 0.380 e. The summed E-state index contributed by atoms with van der Waals surface area (Å²) in [5, 5.41) is 3.54. The Balaban J connectivity index is 2.98. The summed E-state index contributed by atoms with van der Waals surface area (Å²) in [5.74, 6) is 0.771. The standard InChI is InChI=1S/C7H9N3O/c1-3-4-5-6(8)10-11-7(5)9-2/h3-4H,1H2,2H3,(H2,8,10)/b5-4-,9-7+. The fraction of sp³-hybridized carbons (Fsp3) is 0.143. The van der Waals surface area contributed by atoms with Crippen LogP contribution < -0.4 is 5.73 Å². The van der Waals surface area contributed by atoms with Gasteiger partial charge in [-0.25, -0.2) is 0 Å². The first-order valence-corrected chi connectivity index (χ1v) is 3.10. The van der Waals surface area contributed by atoms with Crippen LogP contribution in [0.3, 0.4) is 0 Å². The second kappa shape index (κ2) is 3.01. The third-order valence-electron chi connectivity index (χ3n) is 1.22. The van der Waals surface area contributed by atoms with Gasteiger partial charge in [0.1, 0.15) is 0 Å². The molecule has 0 unspecified atom stereocenters. The first-order valence-electron chi connectivity index (χ1n) is 3.10. The van der Waals surface area contributed by atoms with E-state index >= 15 is 0 Å². The zero-order valence-electron chi connectivity index (χ0n) is 6.24. The van der Waals surface area contributed by atoms with Gasteiger partial charge < -0.3 is 10.6 Å². The van der Waals surface area contributed by atoms with Gasteiger partial charge in [-0.1, -0.05) is 17.8 Å². The van der Waals surface area contributed by atoms with Gasteiger partial charge in [0, 0.05) is 7.05 Å². The Labute approximate surface area is 64.7 Å². The van der Waals surface area contributed by atoms with Crippen LogP contribution in [0.5, 0.6) is 0 Å². The molecule has 0 radical (unpaired) electrons. The molecule has 0 aromatic heterocycles. The quantitative estimate of drug-likeness (QED) is 0.590. The molecule has 1 rings (SSSR count). The SMILES string of the molecule is C=C/C=C1/C(N)=NO/C1=N/C.